The molecule has 3 rings (SSSR count). The average Bonchev–Trinajstić information content (AvgIpc) is 3.11. The summed E-state index contributed by atoms with van der Waals surface area (Å²) >= 11 is 0. The van der Waals surface area contributed by atoms with Crippen LogP contribution in [0.25, 0.3) is 11.3 Å². The third kappa shape index (κ3) is 4.31. The van der Waals surface area contributed by atoms with E-state index in [1.165, 1.54) is 24.3 Å². The van der Waals surface area contributed by atoms with Crippen molar-refractivity contribution in [3.05, 3.63) is 59.4 Å². The van der Waals surface area contributed by atoms with E-state index < -0.39 is 6.10 Å². The van der Waals surface area contributed by atoms with Crippen LogP contribution in [0.4, 0.5) is 10.2 Å². The number of ether oxygens (including phenoxy) is 1. The van der Waals surface area contributed by atoms with Gasteiger partial charge in [0.15, 0.2) is 11.8 Å². The maximum absolute atomic E-state index is 13.0. The number of nitrogens with zero attached hydrogens (tertiary/aromatic N) is 2. The van der Waals surface area contributed by atoms with Crippen molar-refractivity contribution in [3.63, 3.8) is 0 Å². The maximum Gasteiger partial charge on any atom is 0.266 e. The lowest BCUT2D eigenvalue weighted by Gasteiger charge is -2.16. The molecule has 0 spiro atoms. The zero-order chi connectivity index (χ0) is 19.4. The van der Waals surface area contributed by atoms with Crippen LogP contribution in [0.2, 0.25) is 0 Å². The lowest BCUT2D eigenvalue weighted by molar-refractivity contribution is -0.122. The topological polar surface area (TPSA) is 77.2 Å². The summed E-state index contributed by atoms with van der Waals surface area (Å²) in [7, 11) is 0. The van der Waals surface area contributed by atoms with Crippen molar-refractivity contribution >= 4 is 11.7 Å². The van der Waals surface area contributed by atoms with Crippen molar-refractivity contribution in [1.29, 1.82) is 0 Å². The summed E-state index contributed by atoms with van der Waals surface area (Å²) in [5.74, 6) is -0.114. The molecule has 0 radical (unpaired) electrons. The molecule has 1 amide bonds. The quantitative estimate of drug-likeness (QED) is 0.701. The summed E-state index contributed by atoms with van der Waals surface area (Å²) < 4.78 is 23.5. The standard InChI is InChI=1S/C20H20FN3O3/c1-4-17(26-15-9-7-14(21)8-10-15)20(25)22-19-18(23-27-24-19)16-11-12(2)5-6-13(16)3/h5-11,17H,4H2,1-3H3,(H,22,24,25). The van der Waals surface area contributed by atoms with Crippen LogP contribution in [0, 0.1) is 19.7 Å². The Hall–Kier alpha value is -3.22. The van der Waals surface area contributed by atoms with E-state index in [1.54, 1.807) is 0 Å². The van der Waals surface area contributed by atoms with E-state index in [2.05, 4.69) is 15.6 Å². The first kappa shape index (κ1) is 18.6. The summed E-state index contributed by atoms with van der Waals surface area (Å²) in [5.41, 5.74) is 3.34. The SMILES string of the molecule is CCC(Oc1ccc(F)cc1)C(=O)Nc1nonc1-c1cc(C)ccc1C. The van der Waals surface area contributed by atoms with Gasteiger partial charge in [0.2, 0.25) is 5.82 Å². The smallest absolute Gasteiger partial charge is 0.266 e. The second kappa shape index (κ2) is 7.99. The first-order valence-electron chi connectivity index (χ1n) is 8.61. The number of hydrogen-bond acceptors (Lipinski definition) is 5. The van der Waals surface area contributed by atoms with Gasteiger partial charge in [0, 0.05) is 5.56 Å². The van der Waals surface area contributed by atoms with Crippen molar-refractivity contribution < 1.29 is 18.6 Å². The Balaban J connectivity index is 1.78. The number of nitrogens with one attached hydrogen (secondary N) is 1. The monoisotopic (exact) mass is 369 g/mol. The molecule has 1 atom stereocenters. The van der Waals surface area contributed by atoms with Gasteiger partial charge < -0.3 is 10.1 Å². The number of carbonyl (C=O) groups excluding carboxylic acids is 1. The number of rotatable bonds is 6. The summed E-state index contributed by atoms with van der Waals surface area (Å²) in [6, 6.07) is 11.4. The molecule has 27 heavy (non-hydrogen) atoms. The van der Waals surface area contributed by atoms with Crippen LogP contribution < -0.4 is 10.1 Å². The number of halogens is 1. The zero-order valence-corrected chi connectivity index (χ0v) is 15.3. The maximum atomic E-state index is 13.0. The fourth-order valence-corrected chi connectivity index (χ4v) is 2.64. The van der Waals surface area contributed by atoms with Gasteiger partial charge in [-0.15, -0.1) is 0 Å². The third-order valence-electron chi connectivity index (χ3n) is 4.13. The molecular weight excluding hydrogens is 349 g/mol. The number of amides is 1. The number of benzene rings is 2. The van der Waals surface area contributed by atoms with E-state index in [0.717, 1.165) is 16.7 Å². The Morgan fingerprint density at radius 1 is 1.19 bits per heavy atom. The first-order valence-corrected chi connectivity index (χ1v) is 8.61. The van der Waals surface area contributed by atoms with Crippen molar-refractivity contribution in [1.82, 2.24) is 10.3 Å². The van der Waals surface area contributed by atoms with Gasteiger partial charge in [-0.05, 0) is 66.5 Å². The highest BCUT2D eigenvalue weighted by Gasteiger charge is 2.23. The lowest BCUT2D eigenvalue weighted by Crippen LogP contribution is -2.32. The Kier molecular flexibility index (Phi) is 5.49. The van der Waals surface area contributed by atoms with Gasteiger partial charge in [-0.25, -0.2) is 9.02 Å². The van der Waals surface area contributed by atoms with Crippen molar-refractivity contribution in [2.45, 2.75) is 33.3 Å². The molecule has 2 aromatic carbocycles. The van der Waals surface area contributed by atoms with Gasteiger partial charge in [-0.2, -0.15) is 0 Å². The molecule has 0 fully saturated rings. The fraction of sp³-hybridized carbons (Fsp3) is 0.250. The van der Waals surface area contributed by atoms with E-state index in [4.69, 9.17) is 9.37 Å². The van der Waals surface area contributed by atoms with E-state index in [1.807, 2.05) is 39.0 Å². The molecule has 6 nitrogen and oxygen atoms in total. The molecule has 1 N–H and O–H groups in total. The number of anilines is 1. The third-order valence-corrected chi connectivity index (χ3v) is 4.13. The van der Waals surface area contributed by atoms with Gasteiger partial charge >= 0.3 is 0 Å². The van der Waals surface area contributed by atoms with Crippen LogP contribution in [0.15, 0.2) is 47.1 Å². The Morgan fingerprint density at radius 2 is 1.93 bits per heavy atom. The summed E-state index contributed by atoms with van der Waals surface area (Å²) in [6.07, 6.45) is -0.341. The molecule has 1 heterocycles. The lowest BCUT2D eigenvalue weighted by atomic mass is 10.0. The van der Waals surface area contributed by atoms with Crippen LogP contribution in [0.1, 0.15) is 24.5 Å². The van der Waals surface area contributed by atoms with Gasteiger partial charge in [-0.1, -0.05) is 24.6 Å². The molecule has 0 aliphatic heterocycles. The summed E-state index contributed by atoms with van der Waals surface area (Å²) in [6.45, 7) is 5.74. The highest BCUT2D eigenvalue weighted by molar-refractivity contribution is 5.96. The van der Waals surface area contributed by atoms with Crippen LogP contribution in [0.3, 0.4) is 0 Å². The molecule has 1 aromatic heterocycles. The van der Waals surface area contributed by atoms with Crippen molar-refractivity contribution in [2.75, 3.05) is 5.32 Å². The Labute approximate surface area is 156 Å². The van der Waals surface area contributed by atoms with E-state index in [-0.39, 0.29) is 17.5 Å². The van der Waals surface area contributed by atoms with Gasteiger partial charge in [0.25, 0.3) is 5.91 Å². The predicted molar refractivity (Wildman–Crippen MR) is 98.9 cm³/mol. The van der Waals surface area contributed by atoms with E-state index in [9.17, 15) is 9.18 Å². The molecule has 0 aliphatic carbocycles. The van der Waals surface area contributed by atoms with E-state index in [0.29, 0.717) is 17.9 Å². The molecule has 0 saturated heterocycles. The number of aromatic nitrogens is 2. The van der Waals surface area contributed by atoms with E-state index >= 15 is 0 Å². The number of carbonyl (C=O) groups is 1. The van der Waals surface area contributed by atoms with Crippen LogP contribution in [-0.2, 0) is 4.79 Å². The fourth-order valence-electron chi connectivity index (χ4n) is 2.64. The largest absolute Gasteiger partial charge is 0.481 e. The van der Waals surface area contributed by atoms with Crippen LogP contribution in [0.5, 0.6) is 5.75 Å². The molecule has 3 aromatic rings. The second-order valence-electron chi connectivity index (χ2n) is 6.24. The van der Waals surface area contributed by atoms with Gasteiger partial charge in [-0.3, -0.25) is 4.79 Å². The molecule has 140 valence electrons. The van der Waals surface area contributed by atoms with Crippen molar-refractivity contribution in [2.24, 2.45) is 0 Å². The molecular formula is C20H20FN3O3. The molecule has 1 unspecified atom stereocenters. The highest BCUT2D eigenvalue weighted by atomic mass is 19.1. The Morgan fingerprint density at radius 3 is 2.63 bits per heavy atom. The highest BCUT2D eigenvalue weighted by Crippen LogP contribution is 2.28. The summed E-state index contributed by atoms with van der Waals surface area (Å²) in [4.78, 5) is 12.6. The van der Waals surface area contributed by atoms with Crippen LogP contribution in [-0.4, -0.2) is 22.3 Å². The van der Waals surface area contributed by atoms with Crippen LogP contribution >= 0.6 is 0 Å². The normalized spacial score (nSPS) is 11.9. The summed E-state index contributed by atoms with van der Waals surface area (Å²) in [5, 5.41) is 10.5. The zero-order valence-electron chi connectivity index (χ0n) is 15.3. The van der Waals surface area contributed by atoms with Crippen molar-refractivity contribution in [3.8, 4) is 17.0 Å². The molecule has 0 aliphatic rings. The molecule has 0 saturated carbocycles. The second-order valence-corrected chi connectivity index (χ2v) is 6.24. The number of aryl methyl sites for hydroxylation is 2. The average molecular weight is 369 g/mol. The van der Waals surface area contributed by atoms with Gasteiger partial charge in [0.05, 0.1) is 0 Å². The minimum absolute atomic E-state index is 0.231. The molecule has 7 heteroatoms. The minimum atomic E-state index is -0.765. The minimum Gasteiger partial charge on any atom is -0.481 e. The first-order chi connectivity index (χ1) is 13.0. The molecule has 0 bridgehead atoms. The van der Waals surface area contributed by atoms with Gasteiger partial charge in [0.1, 0.15) is 11.6 Å². The predicted octanol–water partition coefficient (Wildman–Crippen LogP) is 4.29. The Bertz CT molecular complexity index is 938. The number of hydrogen-bond donors (Lipinski definition) is 1.